The van der Waals surface area contributed by atoms with Gasteiger partial charge in [-0.1, -0.05) is 18.5 Å². The minimum absolute atomic E-state index is 0.0241. The van der Waals surface area contributed by atoms with Crippen LogP contribution in [-0.2, 0) is 0 Å². The van der Waals surface area contributed by atoms with Gasteiger partial charge in [-0.25, -0.2) is 4.39 Å². The summed E-state index contributed by atoms with van der Waals surface area (Å²) in [7, 11) is 0. The van der Waals surface area contributed by atoms with Crippen LogP contribution in [0.15, 0.2) is 30.3 Å². The van der Waals surface area contributed by atoms with Gasteiger partial charge in [0, 0.05) is 26.4 Å². The minimum Gasteiger partial charge on any atom is -0.323 e. The topological polar surface area (TPSA) is 26.0 Å². The van der Waals surface area contributed by atoms with E-state index >= 15 is 0 Å². The van der Waals surface area contributed by atoms with Crippen LogP contribution in [0.3, 0.4) is 0 Å². The van der Waals surface area contributed by atoms with Gasteiger partial charge in [-0.3, -0.25) is 0 Å². The second kappa shape index (κ2) is 5.17. The van der Waals surface area contributed by atoms with E-state index in [1.807, 2.05) is 19.1 Å². The molecule has 1 nitrogen and oxygen atoms in total. The summed E-state index contributed by atoms with van der Waals surface area (Å²) >= 11 is 7.39. The molecule has 1 aromatic carbocycles. The smallest absolute Gasteiger partial charge is 0.131 e. The monoisotopic (exact) mass is 269 g/mol. The van der Waals surface area contributed by atoms with Crippen LogP contribution in [0.2, 0.25) is 5.02 Å². The number of benzene rings is 1. The van der Waals surface area contributed by atoms with Crippen molar-refractivity contribution in [1.82, 2.24) is 0 Å². The molecule has 0 aliphatic rings. The number of rotatable bonds is 3. The Kier molecular flexibility index (Phi) is 3.82. The van der Waals surface area contributed by atoms with E-state index in [9.17, 15) is 4.39 Å². The lowest BCUT2D eigenvalue weighted by Crippen LogP contribution is -2.05. The summed E-state index contributed by atoms with van der Waals surface area (Å²) in [6, 6.07) is 8.45. The Bertz CT molecular complexity index is 524. The third kappa shape index (κ3) is 2.68. The highest BCUT2D eigenvalue weighted by atomic mass is 35.5. The summed E-state index contributed by atoms with van der Waals surface area (Å²) in [5, 5.41) is 0.538. The van der Waals surface area contributed by atoms with Gasteiger partial charge in [0.25, 0.3) is 0 Å². The number of halogens is 2. The van der Waals surface area contributed by atoms with Crippen LogP contribution in [0.4, 0.5) is 4.39 Å². The fraction of sp³-hybridized carbons (Fsp3) is 0.231. The molecule has 2 aromatic rings. The van der Waals surface area contributed by atoms with Crippen LogP contribution in [0.1, 0.15) is 24.3 Å². The summed E-state index contributed by atoms with van der Waals surface area (Å²) in [6.45, 7) is 2.03. The maximum Gasteiger partial charge on any atom is 0.131 e. The van der Waals surface area contributed by atoms with Crippen molar-refractivity contribution >= 4 is 22.9 Å². The molecule has 1 unspecified atom stereocenters. The van der Waals surface area contributed by atoms with E-state index in [2.05, 4.69) is 0 Å². The van der Waals surface area contributed by atoms with Crippen molar-refractivity contribution in [3.8, 4) is 10.4 Å². The van der Waals surface area contributed by atoms with Crippen LogP contribution in [-0.4, -0.2) is 0 Å². The molecule has 0 radical (unpaired) electrons. The van der Waals surface area contributed by atoms with Gasteiger partial charge in [-0.15, -0.1) is 11.3 Å². The molecule has 2 N–H and O–H groups in total. The van der Waals surface area contributed by atoms with Crippen LogP contribution in [0.25, 0.3) is 10.4 Å². The normalized spacial score (nSPS) is 12.7. The lowest BCUT2D eigenvalue weighted by atomic mass is 10.1. The van der Waals surface area contributed by atoms with Gasteiger partial charge in [-0.2, -0.15) is 0 Å². The first-order valence-corrected chi connectivity index (χ1v) is 6.62. The van der Waals surface area contributed by atoms with E-state index in [4.69, 9.17) is 17.3 Å². The molecule has 1 atom stereocenters. The van der Waals surface area contributed by atoms with Crippen LogP contribution >= 0.6 is 22.9 Å². The Labute approximate surface area is 109 Å². The molecule has 2 rings (SSSR count). The van der Waals surface area contributed by atoms with Crippen molar-refractivity contribution < 1.29 is 4.39 Å². The van der Waals surface area contributed by atoms with Gasteiger partial charge in [0.1, 0.15) is 5.82 Å². The quantitative estimate of drug-likeness (QED) is 0.865. The fourth-order valence-corrected chi connectivity index (χ4v) is 2.87. The molecule has 17 heavy (non-hydrogen) atoms. The highest BCUT2D eigenvalue weighted by molar-refractivity contribution is 7.15. The highest BCUT2D eigenvalue weighted by Crippen LogP contribution is 2.34. The number of nitrogens with two attached hydrogens (primary N) is 1. The fourth-order valence-electron chi connectivity index (χ4n) is 1.58. The molecule has 1 heterocycles. The average molecular weight is 270 g/mol. The Morgan fingerprint density at radius 3 is 2.82 bits per heavy atom. The third-order valence-corrected chi connectivity index (χ3v) is 4.11. The van der Waals surface area contributed by atoms with Crippen molar-refractivity contribution in [2.45, 2.75) is 19.4 Å². The van der Waals surface area contributed by atoms with E-state index in [1.54, 1.807) is 12.1 Å². The first kappa shape index (κ1) is 12.6. The predicted octanol–water partition coefficient (Wildman–Crippen LogP) is 4.62. The van der Waals surface area contributed by atoms with Gasteiger partial charge >= 0.3 is 0 Å². The minimum atomic E-state index is -0.257. The lowest BCUT2D eigenvalue weighted by molar-refractivity contribution is 0.632. The molecule has 0 bridgehead atoms. The summed E-state index contributed by atoms with van der Waals surface area (Å²) in [5.41, 5.74) is 6.48. The first-order chi connectivity index (χ1) is 8.11. The summed E-state index contributed by atoms with van der Waals surface area (Å²) in [6.07, 6.45) is 0.873. The maximum absolute atomic E-state index is 13.7. The van der Waals surface area contributed by atoms with Crippen LogP contribution in [0, 0.1) is 5.82 Å². The molecule has 0 fully saturated rings. The summed E-state index contributed by atoms with van der Waals surface area (Å²) in [4.78, 5) is 1.94. The second-order valence-corrected chi connectivity index (χ2v) is 5.39. The SMILES string of the molecule is CCC(N)c1ccc(-c2cc(Cl)ccc2F)s1. The molecule has 0 amide bonds. The number of hydrogen-bond donors (Lipinski definition) is 1. The molecule has 1 aromatic heterocycles. The number of thiophene rings is 1. The molecule has 90 valence electrons. The van der Waals surface area contributed by atoms with Crippen molar-refractivity contribution in [3.63, 3.8) is 0 Å². The lowest BCUT2D eigenvalue weighted by Gasteiger charge is -2.04. The van der Waals surface area contributed by atoms with Crippen LogP contribution < -0.4 is 5.73 Å². The van der Waals surface area contributed by atoms with E-state index in [0.29, 0.717) is 10.6 Å². The standard InChI is InChI=1S/C13H13ClFNS/c1-2-11(16)13-6-5-12(17-13)9-7-8(14)3-4-10(9)15/h3-7,11H,2,16H2,1H3. The van der Waals surface area contributed by atoms with Gasteiger partial charge in [0.15, 0.2) is 0 Å². The Balaban J connectivity index is 2.40. The highest BCUT2D eigenvalue weighted by Gasteiger charge is 2.11. The van der Waals surface area contributed by atoms with Crippen LogP contribution in [0.5, 0.6) is 0 Å². The van der Waals surface area contributed by atoms with Gasteiger partial charge in [0.05, 0.1) is 0 Å². The van der Waals surface area contributed by atoms with Crippen molar-refractivity contribution in [3.05, 3.63) is 46.0 Å². The molecule has 4 heteroatoms. The first-order valence-electron chi connectivity index (χ1n) is 5.42. The van der Waals surface area contributed by atoms with Crippen molar-refractivity contribution in [1.29, 1.82) is 0 Å². The molecule has 0 spiro atoms. The third-order valence-electron chi connectivity index (χ3n) is 2.63. The zero-order valence-electron chi connectivity index (χ0n) is 9.41. The molecular weight excluding hydrogens is 257 g/mol. The molecule has 0 aliphatic carbocycles. The molecular formula is C13H13ClFNS. The average Bonchev–Trinajstić information content (AvgIpc) is 2.80. The summed E-state index contributed by atoms with van der Waals surface area (Å²) in [5.74, 6) is -0.257. The largest absolute Gasteiger partial charge is 0.323 e. The van der Waals surface area contributed by atoms with E-state index < -0.39 is 0 Å². The second-order valence-electron chi connectivity index (χ2n) is 3.84. The van der Waals surface area contributed by atoms with E-state index in [-0.39, 0.29) is 11.9 Å². The Morgan fingerprint density at radius 2 is 2.12 bits per heavy atom. The Hall–Kier alpha value is -0.900. The molecule has 0 saturated heterocycles. The maximum atomic E-state index is 13.7. The summed E-state index contributed by atoms with van der Waals surface area (Å²) < 4.78 is 13.7. The van der Waals surface area contributed by atoms with E-state index in [0.717, 1.165) is 16.2 Å². The van der Waals surface area contributed by atoms with Gasteiger partial charge < -0.3 is 5.73 Å². The zero-order valence-corrected chi connectivity index (χ0v) is 11.0. The van der Waals surface area contributed by atoms with Gasteiger partial charge in [0.2, 0.25) is 0 Å². The van der Waals surface area contributed by atoms with Gasteiger partial charge in [-0.05, 0) is 36.8 Å². The predicted molar refractivity (Wildman–Crippen MR) is 71.9 cm³/mol. The zero-order chi connectivity index (χ0) is 12.4. The van der Waals surface area contributed by atoms with Crippen molar-refractivity contribution in [2.24, 2.45) is 5.73 Å². The number of hydrogen-bond acceptors (Lipinski definition) is 2. The molecule has 0 saturated carbocycles. The van der Waals surface area contributed by atoms with E-state index in [1.165, 1.54) is 17.4 Å². The molecule has 0 aliphatic heterocycles. The Morgan fingerprint density at radius 1 is 1.35 bits per heavy atom. The van der Waals surface area contributed by atoms with Crippen molar-refractivity contribution in [2.75, 3.05) is 0 Å².